The molecule has 2 atom stereocenters. The van der Waals surface area contributed by atoms with Crippen molar-refractivity contribution in [3.05, 3.63) is 6.42 Å². The molecular formula is C13H23N2O3. The zero-order chi connectivity index (χ0) is 13.7. The Morgan fingerprint density at radius 2 is 2.17 bits per heavy atom. The van der Waals surface area contributed by atoms with Gasteiger partial charge in [-0.25, -0.2) is 0 Å². The molecule has 1 heterocycles. The molecule has 1 aliphatic heterocycles. The molecule has 18 heavy (non-hydrogen) atoms. The second kappa shape index (κ2) is 6.73. The quantitative estimate of drug-likeness (QED) is 0.765. The zero-order valence-electron chi connectivity index (χ0n) is 11.1. The monoisotopic (exact) mass is 255 g/mol. The number of hydrogen-bond donors (Lipinski definition) is 2. The first kappa shape index (κ1) is 15.0. The van der Waals surface area contributed by atoms with E-state index in [2.05, 4.69) is 0 Å². The van der Waals surface area contributed by atoms with Gasteiger partial charge in [0, 0.05) is 13.0 Å². The van der Waals surface area contributed by atoms with Crippen LogP contribution in [0, 0.1) is 12.3 Å². The molecule has 1 saturated heterocycles. The van der Waals surface area contributed by atoms with Crippen molar-refractivity contribution < 1.29 is 14.7 Å². The van der Waals surface area contributed by atoms with Crippen LogP contribution in [-0.4, -0.2) is 40.5 Å². The van der Waals surface area contributed by atoms with Crippen molar-refractivity contribution in [3.63, 3.8) is 0 Å². The number of carbonyl (C=O) groups is 2. The van der Waals surface area contributed by atoms with Gasteiger partial charge in [-0.3, -0.25) is 9.59 Å². The van der Waals surface area contributed by atoms with Crippen LogP contribution in [0.2, 0.25) is 0 Å². The standard InChI is InChI=1S/C13H23N2O3/c1-9(2)6-7-11(17)15-8-4-3-5-10(16)12(15)13(14)18/h5,9-10,12,16H,3-4,6-8H2,1-2H3,(H2,14,18). The van der Waals surface area contributed by atoms with Crippen molar-refractivity contribution in [2.75, 3.05) is 6.54 Å². The highest BCUT2D eigenvalue weighted by Gasteiger charge is 2.35. The van der Waals surface area contributed by atoms with E-state index in [0.717, 1.165) is 12.8 Å². The summed E-state index contributed by atoms with van der Waals surface area (Å²) in [5, 5.41) is 9.87. The van der Waals surface area contributed by atoms with E-state index < -0.39 is 18.1 Å². The van der Waals surface area contributed by atoms with Gasteiger partial charge in [0.1, 0.15) is 6.04 Å². The molecule has 1 fully saturated rings. The van der Waals surface area contributed by atoms with Gasteiger partial charge in [-0.05, 0) is 31.6 Å². The van der Waals surface area contributed by atoms with Crippen LogP contribution in [0.25, 0.3) is 0 Å². The molecular weight excluding hydrogens is 232 g/mol. The minimum atomic E-state index is -0.951. The molecule has 0 aromatic heterocycles. The predicted octanol–water partition coefficient (Wildman–Crippen LogP) is 0.464. The number of amides is 2. The summed E-state index contributed by atoms with van der Waals surface area (Å²) in [6.07, 6.45) is 3.33. The summed E-state index contributed by atoms with van der Waals surface area (Å²) in [6.45, 7) is 4.58. The second-order valence-corrected chi connectivity index (χ2v) is 5.24. The zero-order valence-corrected chi connectivity index (χ0v) is 11.1. The van der Waals surface area contributed by atoms with Gasteiger partial charge in [-0.2, -0.15) is 0 Å². The van der Waals surface area contributed by atoms with Gasteiger partial charge in [-0.15, -0.1) is 0 Å². The topological polar surface area (TPSA) is 83.6 Å². The molecule has 0 aromatic carbocycles. The lowest BCUT2D eigenvalue weighted by Crippen LogP contribution is -2.53. The van der Waals surface area contributed by atoms with E-state index in [1.54, 1.807) is 6.42 Å². The van der Waals surface area contributed by atoms with E-state index >= 15 is 0 Å². The fraction of sp³-hybridized carbons (Fsp3) is 0.769. The van der Waals surface area contributed by atoms with Crippen molar-refractivity contribution >= 4 is 11.8 Å². The Bertz CT molecular complexity index is 305. The summed E-state index contributed by atoms with van der Waals surface area (Å²) in [6, 6.07) is -0.910. The molecule has 103 valence electrons. The lowest BCUT2D eigenvalue weighted by Gasteiger charge is -2.30. The third-order valence-electron chi connectivity index (χ3n) is 3.22. The van der Waals surface area contributed by atoms with E-state index in [9.17, 15) is 14.7 Å². The highest BCUT2D eigenvalue weighted by Crippen LogP contribution is 2.19. The van der Waals surface area contributed by atoms with Gasteiger partial charge in [0.2, 0.25) is 11.8 Å². The maximum Gasteiger partial charge on any atom is 0.242 e. The molecule has 0 aliphatic carbocycles. The Morgan fingerprint density at radius 1 is 1.50 bits per heavy atom. The molecule has 5 nitrogen and oxygen atoms in total. The number of aliphatic hydroxyl groups excluding tert-OH is 1. The minimum Gasteiger partial charge on any atom is -0.390 e. The van der Waals surface area contributed by atoms with E-state index in [1.807, 2.05) is 13.8 Å². The van der Waals surface area contributed by atoms with E-state index in [-0.39, 0.29) is 5.91 Å². The Labute approximate surface area is 108 Å². The van der Waals surface area contributed by atoms with Gasteiger partial charge >= 0.3 is 0 Å². The average Bonchev–Trinajstić information content (AvgIpc) is 2.47. The minimum absolute atomic E-state index is 0.0955. The van der Waals surface area contributed by atoms with Crippen LogP contribution in [0.15, 0.2) is 0 Å². The van der Waals surface area contributed by atoms with Crippen molar-refractivity contribution in [3.8, 4) is 0 Å². The first-order chi connectivity index (χ1) is 8.43. The third-order valence-corrected chi connectivity index (χ3v) is 3.22. The summed E-state index contributed by atoms with van der Waals surface area (Å²) < 4.78 is 0. The molecule has 0 spiro atoms. The highest BCUT2D eigenvalue weighted by atomic mass is 16.3. The van der Waals surface area contributed by atoms with Crippen LogP contribution in [0.3, 0.4) is 0 Å². The summed E-state index contributed by atoms with van der Waals surface area (Å²) in [7, 11) is 0. The van der Waals surface area contributed by atoms with Gasteiger partial charge in [0.15, 0.2) is 0 Å². The lowest BCUT2D eigenvalue weighted by molar-refractivity contribution is -0.142. The van der Waals surface area contributed by atoms with Gasteiger partial charge in [-0.1, -0.05) is 13.8 Å². The van der Waals surface area contributed by atoms with Crippen LogP contribution in [-0.2, 0) is 9.59 Å². The van der Waals surface area contributed by atoms with E-state index in [0.29, 0.717) is 25.3 Å². The lowest BCUT2D eigenvalue weighted by atomic mass is 10.0. The second-order valence-electron chi connectivity index (χ2n) is 5.24. The Balaban J connectivity index is 2.73. The summed E-state index contributed by atoms with van der Waals surface area (Å²) in [5.41, 5.74) is 5.30. The number of likely N-dealkylation sites (tertiary alicyclic amines) is 1. The van der Waals surface area contributed by atoms with Crippen LogP contribution in [0.1, 0.15) is 39.5 Å². The maximum atomic E-state index is 12.1. The number of carbonyl (C=O) groups excluding carboxylic acids is 2. The smallest absolute Gasteiger partial charge is 0.242 e. The van der Waals surface area contributed by atoms with Gasteiger partial charge < -0.3 is 15.7 Å². The first-order valence-corrected chi connectivity index (χ1v) is 6.53. The molecule has 0 saturated carbocycles. The number of primary amides is 1. The normalized spacial score (nSPS) is 25.0. The number of nitrogens with two attached hydrogens (primary N) is 1. The molecule has 1 aliphatic rings. The van der Waals surface area contributed by atoms with Crippen molar-refractivity contribution in [1.29, 1.82) is 0 Å². The van der Waals surface area contributed by atoms with E-state index in [4.69, 9.17) is 5.73 Å². The summed E-state index contributed by atoms with van der Waals surface area (Å²) in [5.74, 6) is -0.301. The maximum absolute atomic E-state index is 12.1. The molecule has 2 amide bonds. The Morgan fingerprint density at radius 3 is 2.72 bits per heavy atom. The summed E-state index contributed by atoms with van der Waals surface area (Å²) in [4.78, 5) is 25.0. The van der Waals surface area contributed by atoms with Crippen molar-refractivity contribution in [1.82, 2.24) is 4.90 Å². The number of nitrogens with zero attached hydrogens (tertiary/aromatic N) is 1. The molecule has 0 bridgehead atoms. The average molecular weight is 255 g/mol. The Hall–Kier alpha value is -1.10. The largest absolute Gasteiger partial charge is 0.390 e. The third kappa shape index (κ3) is 3.98. The predicted molar refractivity (Wildman–Crippen MR) is 68.3 cm³/mol. The SMILES string of the molecule is CC(C)CCC(=O)N1CCC[CH]C(O)C1C(N)=O. The molecule has 3 N–H and O–H groups in total. The first-order valence-electron chi connectivity index (χ1n) is 6.53. The highest BCUT2D eigenvalue weighted by molar-refractivity contribution is 5.87. The van der Waals surface area contributed by atoms with Crippen LogP contribution in [0.4, 0.5) is 0 Å². The van der Waals surface area contributed by atoms with Crippen LogP contribution in [0.5, 0.6) is 0 Å². The molecule has 0 aromatic rings. The molecule has 1 rings (SSSR count). The summed E-state index contributed by atoms with van der Waals surface area (Å²) >= 11 is 0. The van der Waals surface area contributed by atoms with Crippen LogP contribution >= 0.6 is 0 Å². The van der Waals surface area contributed by atoms with E-state index in [1.165, 1.54) is 4.90 Å². The number of aliphatic hydroxyl groups is 1. The molecule has 5 heteroatoms. The van der Waals surface area contributed by atoms with Crippen molar-refractivity contribution in [2.45, 2.75) is 51.7 Å². The van der Waals surface area contributed by atoms with Crippen LogP contribution < -0.4 is 5.73 Å². The molecule has 2 unspecified atom stereocenters. The fourth-order valence-corrected chi connectivity index (χ4v) is 2.16. The Kier molecular flexibility index (Phi) is 5.59. The molecule has 1 radical (unpaired) electrons. The van der Waals surface area contributed by atoms with Gasteiger partial charge in [0.05, 0.1) is 6.10 Å². The van der Waals surface area contributed by atoms with Gasteiger partial charge in [0.25, 0.3) is 0 Å². The number of rotatable bonds is 4. The fourth-order valence-electron chi connectivity index (χ4n) is 2.16. The van der Waals surface area contributed by atoms with Crippen molar-refractivity contribution in [2.24, 2.45) is 11.7 Å². The number of hydrogen-bond acceptors (Lipinski definition) is 3.